The molecule has 104 valence electrons. The average molecular weight is 265 g/mol. The van der Waals surface area contributed by atoms with Crippen molar-refractivity contribution < 1.29 is 0 Å². The van der Waals surface area contributed by atoms with Crippen LogP contribution in [0.4, 0.5) is 0 Å². The summed E-state index contributed by atoms with van der Waals surface area (Å²) in [6.07, 6.45) is 2.72. The summed E-state index contributed by atoms with van der Waals surface area (Å²) in [5, 5.41) is 3.76. The molecule has 0 saturated heterocycles. The van der Waals surface area contributed by atoms with Crippen molar-refractivity contribution in [1.82, 2.24) is 5.32 Å². The van der Waals surface area contributed by atoms with Gasteiger partial charge >= 0.3 is 0 Å². The van der Waals surface area contributed by atoms with Crippen LogP contribution in [-0.2, 0) is 6.54 Å². The second kappa shape index (κ2) is 5.80. The third-order valence-corrected chi connectivity index (χ3v) is 4.14. The largest absolute Gasteiger partial charge is 0.306 e. The van der Waals surface area contributed by atoms with Crippen LogP contribution in [0.1, 0.15) is 41.1 Å². The summed E-state index contributed by atoms with van der Waals surface area (Å²) in [6, 6.07) is 18.3. The van der Waals surface area contributed by atoms with E-state index in [9.17, 15) is 0 Å². The van der Waals surface area contributed by atoms with Crippen LogP contribution in [0.5, 0.6) is 0 Å². The Morgan fingerprint density at radius 2 is 1.75 bits per heavy atom. The summed E-state index contributed by atoms with van der Waals surface area (Å²) < 4.78 is 0. The number of rotatable bonds is 5. The van der Waals surface area contributed by atoms with E-state index < -0.39 is 0 Å². The average Bonchev–Trinajstić information content (AvgIpc) is 3.26. The number of nitrogens with one attached hydrogen (secondary N) is 1. The molecule has 0 spiro atoms. The van der Waals surface area contributed by atoms with Gasteiger partial charge in [-0.3, -0.25) is 0 Å². The van der Waals surface area contributed by atoms with Gasteiger partial charge in [-0.15, -0.1) is 0 Å². The van der Waals surface area contributed by atoms with Crippen molar-refractivity contribution in [3.8, 4) is 0 Å². The molecule has 0 heterocycles. The van der Waals surface area contributed by atoms with Crippen molar-refractivity contribution in [2.75, 3.05) is 0 Å². The van der Waals surface area contributed by atoms with Crippen molar-refractivity contribution in [2.45, 2.75) is 39.3 Å². The minimum atomic E-state index is 0.510. The summed E-state index contributed by atoms with van der Waals surface area (Å²) in [6.45, 7) is 5.26. The Morgan fingerprint density at radius 3 is 2.40 bits per heavy atom. The molecular weight excluding hydrogens is 242 g/mol. The quantitative estimate of drug-likeness (QED) is 0.836. The fraction of sp³-hybridized carbons (Fsp3) is 0.368. The SMILES string of the molecule is Cc1ccc(C(NCc2cccc(C)c2)C2CC2)cc1. The van der Waals surface area contributed by atoms with Gasteiger partial charge in [0.15, 0.2) is 0 Å². The van der Waals surface area contributed by atoms with Crippen LogP contribution < -0.4 is 5.32 Å². The number of hydrogen-bond acceptors (Lipinski definition) is 1. The van der Waals surface area contributed by atoms with Crippen molar-refractivity contribution in [3.05, 3.63) is 70.8 Å². The van der Waals surface area contributed by atoms with E-state index in [4.69, 9.17) is 0 Å². The standard InChI is InChI=1S/C19H23N/c1-14-6-8-17(9-7-14)19(18-10-11-18)20-13-16-5-3-4-15(2)12-16/h3-9,12,18-20H,10-11,13H2,1-2H3. The topological polar surface area (TPSA) is 12.0 Å². The molecule has 1 aliphatic carbocycles. The Morgan fingerprint density at radius 1 is 1.00 bits per heavy atom. The Balaban J connectivity index is 1.70. The highest BCUT2D eigenvalue weighted by Crippen LogP contribution is 2.41. The Hall–Kier alpha value is -1.60. The predicted molar refractivity (Wildman–Crippen MR) is 84.7 cm³/mol. The van der Waals surface area contributed by atoms with Crippen molar-refractivity contribution in [1.29, 1.82) is 0 Å². The van der Waals surface area contributed by atoms with E-state index in [0.29, 0.717) is 6.04 Å². The van der Waals surface area contributed by atoms with E-state index in [2.05, 4.69) is 67.7 Å². The predicted octanol–water partition coefficient (Wildman–Crippen LogP) is 4.54. The van der Waals surface area contributed by atoms with E-state index in [1.807, 2.05) is 0 Å². The van der Waals surface area contributed by atoms with Crippen LogP contribution in [0.15, 0.2) is 48.5 Å². The molecule has 20 heavy (non-hydrogen) atoms. The van der Waals surface area contributed by atoms with E-state index in [1.54, 1.807) is 0 Å². The Kier molecular flexibility index (Phi) is 3.88. The molecule has 1 unspecified atom stereocenters. The first-order chi connectivity index (χ1) is 9.72. The molecule has 1 fully saturated rings. The molecule has 0 bridgehead atoms. The van der Waals surface area contributed by atoms with E-state index in [1.165, 1.54) is 35.1 Å². The fourth-order valence-electron chi connectivity index (χ4n) is 2.81. The zero-order valence-electron chi connectivity index (χ0n) is 12.4. The van der Waals surface area contributed by atoms with E-state index in [-0.39, 0.29) is 0 Å². The Labute approximate surface area is 122 Å². The molecule has 1 nitrogen and oxygen atoms in total. The highest BCUT2D eigenvalue weighted by molar-refractivity contribution is 5.26. The monoisotopic (exact) mass is 265 g/mol. The molecule has 1 N–H and O–H groups in total. The third-order valence-electron chi connectivity index (χ3n) is 4.14. The summed E-state index contributed by atoms with van der Waals surface area (Å²) >= 11 is 0. The van der Waals surface area contributed by atoms with Crippen LogP contribution >= 0.6 is 0 Å². The number of hydrogen-bond donors (Lipinski definition) is 1. The smallest absolute Gasteiger partial charge is 0.0351 e. The number of aryl methyl sites for hydroxylation is 2. The minimum Gasteiger partial charge on any atom is -0.306 e. The van der Waals surface area contributed by atoms with Gasteiger partial charge in [0.05, 0.1) is 0 Å². The molecule has 1 saturated carbocycles. The molecule has 0 radical (unpaired) electrons. The summed E-state index contributed by atoms with van der Waals surface area (Å²) in [5.41, 5.74) is 5.48. The molecule has 1 atom stereocenters. The summed E-state index contributed by atoms with van der Waals surface area (Å²) in [5.74, 6) is 0.822. The van der Waals surface area contributed by atoms with Gasteiger partial charge in [0, 0.05) is 12.6 Å². The second-order valence-corrected chi connectivity index (χ2v) is 6.10. The molecule has 2 aromatic carbocycles. The van der Waals surface area contributed by atoms with Gasteiger partial charge in [0.1, 0.15) is 0 Å². The molecule has 1 aliphatic rings. The molecular formula is C19H23N. The first kappa shape index (κ1) is 13.4. The molecule has 0 amide bonds. The van der Waals surface area contributed by atoms with Gasteiger partial charge < -0.3 is 5.32 Å². The van der Waals surface area contributed by atoms with Crippen LogP contribution in [-0.4, -0.2) is 0 Å². The van der Waals surface area contributed by atoms with Crippen LogP contribution in [0.25, 0.3) is 0 Å². The maximum absolute atomic E-state index is 3.76. The lowest BCUT2D eigenvalue weighted by Crippen LogP contribution is -2.22. The third kappa shape index (κ3) is 3.29. The maximum Gasteiger partial charge on any atom is 0.0351 e. The first-order valence-electron chi connectivity index (χ1n) is 7.58. The van der Waals surface area contributed by atoms with Gasteiger partial charge in [-0.25, -0.2) is 0 Å². The lowest BCUT2D eigenvalue weighted by molar-refractivity contribution is 0.480. The van der Waals surface area contributed by atoms with Gasteiger partial charge in [-0.2, -0.15) is 0 Å². The van der Waals surface area contributed by atoms with Gasteiger partial charge in [0.2, 0.25) is 0 Å². The van der Waals surface area contributed by atoms with Gasteiger partial charge in [-0.1, -0.05) is 59.7 Å². The van der Waals surface area contributed by atoms with Crippen LogP contribution in [0.3, 0.4) is 0 Å². The highest BCUT2D eigenvalue weighted by Gasteiger charge is 2.31. The molecule has 1 heteroatoms. The second-order valence-electron chi connectivity index (χ2n) is 6.10. The minimum absolute atomic E-state index is 0.510. The van der Waals surface area contributed by atoms with E-state index in [0.717, 1.165) is 12.5 Å². The van der Waals surface area contributed by atoms with Gasteiger partial charge in [0.25, 0.3) is 0 Å². The summed E-state index contributed by atoms with van der Waals surface area (Å²) in [4.78, 5) is 0. The molecule has 3 rings (SSSR count). The zero-order chi connectivity index (χ0) is 13.9. The normalized spacial score (nSPS) is 16.1. The van der Waals surface area contributed by atoms with Gasteiger partial charge in [-0.05, 0) is 43.7 Å². The maximum atomic E-state index is 3.76. The lowest BCUT2D eigenvalue weighted by Gasteiger charge is -2.19. The van der Waals surface area contributed by atoms with Crippen LogP contribution in [0, 0.1) is 19.8 Å². The lowest BCUT2D eigenvalue weighted by atomic mass is 10.0. The molecule has 0 aliphatic heterocycles. The highest BCUT2D eigenvalue weighted by atomic mass is 14.9. The Bertz CT molecular complexity index is 567. The molecule has 2 aromatic rings. The van der Waals surface area contributed by atoms with Crippen molar-refractivity contribution in [3.63, 3.8) is 0 Å². The summed E-state index contributed by atoms with van der Waals surface area (Å²) in [7, 11) is 0. The van der Waals surface area contributed by atoms with Crippen molar-refractivity contribution >= 4 is 0 Å². The van der Waals surface area contributed by atoms with Crippen molar-refractivity contribution in [2.24, 2.45) is 5.92 Å². The van der Waals surface area contributed by atoms with E-state index >= 15 is 0 Å². The fourth-order valence-corrected chi connectivity index (χ4v) is 2.81. The molecule has 0 aromatic heterocycles. The first-order valence-corrected chi connectivity index (χ1v) is 7.58. The van der Waals surface area contributed by atoms with Crippen LogP contribution in [0.2, 0.25) is 0 Å². The zero-order valence-corrected chi connectivity index (χ0v) is 12.4. The number of benzene rings is 2.